The molecule has 0 amide bonds. The minimum absolute atomic E-state index is 0.173. The van der Waals surface area contributed by atoms with Crippen LogP contribution in [-0.4, -0.2) is 21.7 Å². The average Bonchev–Trinajstić information content (AvgIpc) is 3.14. The summed E-state index contributed by atoms with van der Waals surface area (Å²) in [7, 11) is 0. The SMILES string of the molecule is Cc1cc(-c2ccccc2SCCCCSc2ccccc2-c2cc(C)cc(C34CC5CC(CC(C5)C3)C4)c2O)c(O)c(C23CC4CC(CC(C4)C2)C3)c1. The number of hydrogen-bond acceptors (Lipinski definition) is 4. The Morgan fingerprint density at radius 2 is 0.815 bits per heavy atom. The summed E-state index contributed by atoms with van der Waals surface area (Å²) in [6, 6.07) is 26.7. The Bertz CT molecular complexity index is 1840. The molecule has 0 aromatic heterocycles. The van der Waals surface area contributed by atoms with Crippen LogP contribution in [0.1, 0.15) is 112 Å². The third-order valence-electron chi connectivity index (χ3n) is 15.1. The van der Waals surface area contributed by atoms with E-state index in [0.717, 1.165) is 71.0 Å². The van der Waals surface area contributed by atoms with E-state index in [9.17, 15) is 10.2 Å². The molecule has 8 fully saturated rings. The van der Waals surface area contributed by atoms with E-state index in [4.69, 9.17) is 0 Å². The van der Waals surface area contributed by atoms with Crippen LogP contribution in [0.5, 0.6) is 11.5 Å². The van der Waals surface area contributed by atoms with Crippen LogP contribution in [0.2, 0.25) is 0 Å². The lowest BCUT2D eigenvalue weighted by atomic mass is 9.48. The first-order valence-corrected chi connectivity index (χ1v) is 23.3. The summed E-state index contributed by atoms with van der Waals surface area (Å²) >= 11 is 3.89. The van der Waals surface area contributed by atoms with Gasteiger partial charge in [-0.15, -0.1) is 23.5 Å². The lowest BCUT2D eigenvalue weighted by molar-refractivity contribution is -0.00627. The van der Waals surface area contributed by atoms with Gasteiger partial charge in [0.2, 0.25) is 0 Å². The molecule has 282 valence electrons. The van der Waals surface area contributed by atoms with Crippen molar-refractivity contribution in [2.24, 2.45) is 35.5 Å². The van der Waals surface area contributed by atoms with Crippen molar-refractivity contribution in [1.29, 1.82) is 0 Å². The first kappa shape index (κ1) is 35.6. The van der Waals surface area contributed by atoms with Gasteiger partial charge >= 0.3 is 0 Å². The van der Waals surface area contributed by atoms with Gasteiger partial charge in [0, 0.05) is 32.0 Å². The summed E-state index contributed by atoms with van der Waals surface area (Å²) in [5.74, 6) is 8.34. The molecule has 4 aromatic rings. The Kier molecular flexibility index (Phi) is 9.21. The van der Waals surface area contributed by atoms with Crippen molar-refractivity contribution in [2.45, 2.75) is 124 Å². The Hall–Kier alpha value is -2.82. The highest BCUT2D eigenvalue weighted by Crippen LogP contribution is 2.64. The quantitative estimate of drug-likeness (QED) is 0.118. The number of thioether (sulfide) groups is 2. The molecule has 8 bridgehead atoms. The summed E-state index contributed by atoms with van der Waals surface area (Å²) in [4.78, 5) is 2.55. The second-order valence-corrected chi connectivity index (χ2v) is 21.5. The van der Waals surface area contributed by atoms with E-state index in [1.807, 2.05) is 23.5 Å². The molecule has 0 heterocycles. The second kappa shape index (κ2) is 14.0. The van der Waals surface area contributed by atoms with Crippen molar-refractivity contribution in [3.63, 3.8) is 0 Å². The van der Waals surface area contributed by atoms with Gasteiger partial charge in [0.05, 0.1) is 0 Å². The molecule has 12 rings (SSSR count). The highest BCUT2D eigenvalue weighted by Gasteiger charge is 2.54. The minimum Gasteiger partial charge on any atom is -0.507 e. The fourth-order valence-electron chi connectivity index (χ4n) is 13.9. The van der Waals surface area contributed by atoms with Crippen LogP contribution < -0.4 is 0 Å². The molecular weight excluding hydrogens is 697 g/mol. The highest BCUT2D eigenvalue weighted by atomic mass is 32.2. The van der Waals surface area contributed by atoms with E-state index in [2.05, 4.69) is 86.6 Å². The van der Waals surface area contributed by atoms with Crippen molar-refractivity contribution < 1.29 is 10.2 Å². The monoisotopic (exact) mass is 754 g/mol. The number of unbranched alkanes of at least 4 members (excludes halogenated alkanes) is 1. The fourth-order valence-corrected chi connectivity index (χ4v) is 16.0. The maximum Gasteiger partial charge on any atom is 0.127 e. The number of phenolic OH excluding ortho intramolecular Hbond substituents is 2. The van der Waals surface area contributed by atoms with Gasteiger partial charge in [0.15, 0.2) is 0 Å². The smallest absolute Gasteiger partial charge is 0.127 e. The molecule has 8 aliphatic rings. The van der Waals surface area contributed by atoms with Crippen molar-refractivity contribution in [3.8, 4) is 33.8 Å². The van der Waals surface area contributed by atoms with Crippen molar-refractivity contribution in [1.82, 2.24) is 0 Å². The van der Waals surface area contributed by atoms with Gasteiger partial charge in [-0.25, -0.2) is 0 Å². The summed E-state index contributed by atoms with van der Waals surface area (Å²) in [5, 5.41) is 24.1. The maximum atomic E-state index is 12.0. The van der Waals surface area contributed by atoms with Crippen LogP contribution in [0.15, 0.2) is 82.6 Å². The summed E-state index contributed by atoms with van der Waals surface area (Å²) < 4.78 is 0. The lowest BCUT2D eigenvalue weighted by Gasteiger charge is -2.57. The molecule has 0 atom stereocenters. The number of rotatable bonds is 11. The molecule has 2 nitrogen and oxygen atoms in total. The normalized spacial score (nSPS) is 31.7. The molecule has 8 aliphatic carbocycles. The molecule has 54 heavy (non-hydrogen) atoms. The topological polar surface area (TPSA) is 40.5 Å². The largest absolute Gasteiger partial charge is 0.507 e. The minimum atomic E-state index is 0.173. The third-order valence-corrected chi connectivity index (χ3v) is 17.5. The van der Waals surface area contributed by atoms with E-state index in [-0.39, 0.29) is 10.8 Å². The van der Waals surface area contributed by atoms with Crippen molar-refractivity contribution in [2.75, 3.05) is 11.5 Å². The van der Waals surface area contributed by atoms with Crippen LogP contribution in [0.3, 0.4) is 0 Å². The van der Waals surface area contributed by atoms with Gasteiger partial charge in [-0.3, -0.25) is 0 Å². The number of aromatic hydroxyl groups is 2. The van der Waals surface area contributed by atoms with Crippen molar-refractivity contribution >= 4 is 23.5 Å². The average molecular weight is 755 g/mol. The number of phenols is 2. The van der Waals surface area contributed by atoms with Gasteiger partial charge in [0.25, 0.3) is 0 Å². The van der Waals surface area contributed by atoms with Crippen LogP contribution in [-0.2, 0) is 10.8 Å². The molecule has 0 aliphatic heterocycles. The molecule has 8 saturated carbocycles. The first-order chi connectivity index (χ1) is 26.2. The van der Waals surface area contributed by atoms with Crippen molar-refractivity contribution in [3.05, 3.63) is 95.1 Å². The third kappa shape index (κ3) is 6.34. The Morgan fingerprint density at radius 3 is 1.17 bits per heavy atom. The van der Waals surface area contributed by atoms with Gasteiger partial charge in [-0.2, -0.15) is 0 Å². The van der Waals surface area contributed by atoms with E-state index in [1.54, 1.807) is 0 Å². The fraction of sp³-hybridized carbons (Fsp3) is 0.520. The van der Waals surface area contributed by atoms with Crippen LogP contribution in [0.4, 0.5) is 0 Å². The molecule has 2 N–H and O–H groups in total. The summed E-state index contributed by atoms with van der Waals surface area (Å²) in [5.41, 5.74) is 9.81. The van der Waals surface area contributed by atoms with Gasteiger partial charge in [-0.05, 0) is 208 Å². The Morgan fingerprint density at radius 1 is 0.481 bits per heavy atom. The number of aryl methyl sites for hydroxylation is 2. The van der Waals surface area contributed by atoms with Crippen LogP contribution in [0, 0.1) is 49.4 Å². The molecular formula is C50H58O2S2. The van der Waals surface area contributed by atoms with Gasteiger partial charge in [0.1, 0.15) is 11.5 Å². The number of benzene rings is 4. The zero-order chi connectivity index (χ0) is 36.6. The predicted octanol–water partition coefficient (Wildman–Crippen LogP) is 13.6. The molecule has 4 heteroatoms. The maximum absolute atomic E-state index is 12.0. The van der Waals surface area contributed by atoms with E-state index in [1.165, 1.54) is 120 Å². The molecule has 4 aromatic carbocycles. The molecule has 0 saturated heterocycles. The zero-order valence-electron chi connectivity index (χ0n) is 32.4. The zero-order valence-corrected chi connectivity index (χ0v) is 34.0. The lowest BCUT2D eigenvalue weighted by Crippen LogP contribution is -2.48. The summed E-state index contributed by atoms with van der Waals surface area (Å²) in [6.45, 7) is 4.45. The van der Waals surface area contributed by atoms with Crippen LogP contribution in [0.25, 0.3) is 22.3 Å². The van der Waals surface area contributed by atoms with E-state index in [0.29, 0.717) is 11.5 Å². The second-order valence-electron chi connectivity index (χ2n) is 19.2. The Labute approximate surface area is 332 Å². The van der Waals surface area contributed by atoms with Crippen LogP contribution >= 0.6 is 23.5 Å². The molecule has 0 radical (unpaired) electrons. The standard InChI is InChI=1S/C50H58O2S2/c1-31-15-41(47(51)43(17-31)49-25-33-19-34(26-49)21-35(20-33)27-49)39-9-3-5-11-45(39)53-13-7-8-14-54-46-12-6-4-10-40(46)42-16-32(2)18-44(48(42)52)50-28-36-22-37(29-50)24-38(23-36)30-50/h3-6,9-12,15-18,33-38,51-52H,7-8,13-14,19-30H2,1-2H3. The molecule has 0 unspecified atom stereocenters. The molecule has 0 spiro atoms. The first-order valence-electron chi connectivity index (χ1n) is 21.4. The predicted molar refractivity (Wildman–Crippen MR) is 227 cm³/mol. The van der Waals surface area contributed by atoms with E-state index >= 15 is 0 Å². The van der Waals surface area contributed by atoms with E-state index < -0.39 is 0 Å². The van der Waals surface area contributed by atoms with Gasteiger partial charge in [-0.1, -0.05) is 48.5 Å². The Balaban J connectivity index is 0.813. The highest BCUT2D eigenvalue weighted by molar-refractivity contribution is 7.99. The summed E-state index contributed by atoms with van der Waals surface area (Å²) in [6.07, 6.45) is 18.4. The number of hydrogen-bond donors (Lipinski definition) is 2. The van der Waals surface area contributed by atoms with Gasteiger partial charge < -0.3 is 10.2 Å².